The fraction of sp³-hybridized carbons (Fsp3) is 0.632. The van der Waals surface area contributed by atoms with Crippen molar-refractivity contribution in [3.8, 4) is 0 Å². The van der Waals surface area contributed by atoms with Crippen molar-refractivity contribution in [2.45, 2.75) is 25.3 Å². The van der Waals surface area contributed by atoms with Crippen LogP contribution in [0, 0.1) is 6.92 Å². The fourth-order valence-electron chi connectivity index (χ4n) is 4.43. The van der Waals surface area contributed by atoms with Gasteiger partial charge in [0.1, 0.15) is 0 Å². The molecule has 2 fully saturated rings. The number of likely N-dealkylation sites (tertiary alicyclic amines) is 1. The lowest BCUT2D eigenvalue weighted by Crippen LogP contribution is -2.51. The molecule has 2 atom stereocenters. The van der Waals surface area contributed by atoms with Gasteiger partial charge in [0.05, 0.1) is 19.8 Å². The molecule has 0 saturated carbocycles. The molecule has 5 heteroatoms. The van der Waals surface area contributed by atoms with Crippen LogP contribution in [0.1, 0.15) is 23.5 Å². The Morgan fingerprint density at radius 2 is 2.04 bits per heavy atom. The van der Waals surface area contributed by atoms with Gasteiger partial charge >= 0.3 is 0 Å². The van der Waals surface area contributed by atoms with E-state index < -0.39 is 0 Å². The summed E-state index contributed by atoms with van der Waals surface area (Å²) in [6, 6.07) is 6.90. The molecule has 0 radical (unpaired) electrons. The van der Waals surface area contributed by atoms with Crippen molar-refractivity contribution < 1.29 is 9.53 Å². The van der Waals surface area contributed by atoms with Crippen LogP contribution >= 0.6 is 0 Å². The summed E-state index contributed by atoms with van der Waals surface area (Å²) in [7, 11) is 2.18. The second kappa shape index (κ2) is 6.47. The van der Waals surface area contributed by atoms with E-state index in [9.17, 15) is 4.79 Å². The lowest BCUT2D eigenvalue weighted by molar-refractivity contribution is -0.121. The van der Waals surface area contributed by atoms with Crippen molar-refractivity contribution in [3.63, 3.8) is 0 Å². The largest absolute Gasteiger partial charge is 0.379 e. The molecule has 0 aromatic heterocycles. The molecule has 0 aliphatic carbocycles. The normalized spacial score (nSPS) is 27.8. The number of hydrogen-bond acceptors (Lipinski definition) is 4. The van der Waals surface area contributed by atoms with E-state index in [0.29, 0.717) is 18.5 Å². The van der Waals surface area contributed by atoms with Crippen molar-refractivity contribution in [3.05, 3.63) is 29.3 Å². The van der Waals surface area contributed by atoms with Crippen LogP contribution in [0.2, 0.25) is 0 Å². The first kappa shape index (κ1) is 16.1. The molecule has 1 aromatic carbocycles. The molecular weight excluding hydrogens is 302 g/mol. The Balaban J connectivity index is 1.60. The Morgan fingerprint density at radius 1 is 1.25 bits per heavy atom. The molecule has 5 nitrogen and oxygen atoms in total. The summed E-state index contributed by atoms with van der Waals surface area (Å²) in [6.45, 7) is 7.95. The maximum absolute atomic E-state index is 13.1. The topological polar surface area (TPSA) is 36.0 Å². The average molecular weight is 329 g/mol. The molecule has 1 aromatic rings. The molecule has 3 aliphatic rings. The maximum atomic E-state index is 13.1. The summed E-state index contributed by atoms with van der Waals surface area (Å²) in [4.78, 5) is 19.9. The van der Waals surface area contributed by atoms with Gasteiger partial charge in [-0.3, -0.25) is 9.69 Å². The number of nitrogens with zero attached hydrogens (tertiary/aromatic N) is 3. The van der Waals surface area contributed by atoms with Crippen LogP contribution in [0.3, 0.4) is 0 Å². The van der Waals surface area contributed by atoms with E-state index in [-0.39, 0.29) is 5.91 Å². The van der Waals surface area contributed by atoms with E-state index in [0.717, 1.165) is 51.5 Å². The number of morpholine rings is 1. The molecule has 0 spiro atoms. The van der Waals surface area contributed by atoms with Crippen LogP contribution in [-0.4, -0.2) is 74.7 Å². The molecule has 3 heterocycles. The molecule has 0 unspecified atom stereocenters. The summed E-state index contributed by atoms with van der Waals surface area (Å²) >= 11 is 0. The molecule has 130 valence electrons. The Morgan fingerprint density at radius 3 is 2.83 bits per heavy atom. The Labute approximate surface area is 144 Å². The van der Waals surface area contributed by atoms with Crippen molar-refractivity contribution in [1.29, 1.82) is 0 Å². The van der Waals surface area contributed by atoms with Gasteiger partial charge in [0.25, 0.3) is 0 Å². The van der Waals surface area contributed by atoms with Gasteiger partial charge < -0.3 is 14.5 Å². The van der Waals surface area contributed by atoms with Crippen LogP contribution in [0.15, 0.2) is 18.2 Å². The van der Waals surface area contributed by atoms with Gasteiger partial charge in [-0.2, -0.15) is 0 Å². The molecule has 1 amide bonds. The van der Waals surface area contributed by atoms with E-state index >= 15 is 0 Å². The van der Waals surface area contributed by atoms with Gasteiger partial charge in [0, 0.05) is 37.3 Å². The highest BCUT2D eigenvalue weighted by molar-refractivity contribution is 5.98. The average Bonchev–Trinajstić information content (AvgIpc) is 2.89. The minimum Gasteiger partial charge on any atom is -0.379 e. The summed E-state index contributed by atoms with van der Waals surface area (Å²) in [6.07, 6.45) is 1.06. The third-order valence-electron chi connectivity index (χ3n) is 5.68. The van der Waals surface area contributed by atoms with E-state index in [4.69, 9.17) is 4.74 Å². The first-order valence-electron chi connectivity index (χ1n) is 9.05. The number of amides is 1. The molecule has 24 heavy (non-hydrogen) atoms. The predicted octanol–water partition coefficient (Wildman–Crippen LogP) is 1.46. The monoisotopic (exact) mass is 329 g/mol. The highest BCUT2D eigenvalue weighted by Gasteiger charge is 2.43. The fourth-order valence-corrected chi connectivity index (χ4v) is 4.43. The van der Waals surface area contributed by atoms with Gasteiger partial charge in [-0.1, -0.05) is 17.7 Å². The number of rotatable bonds is 2. The lowest BCUT2D eigenvalue weighted by atomic mass is 9.89. The number of anilines is 1. The number of hydrogen-bond donors (Lipinski definition) is 0. The number of carbonyl (C=O) groups excluding carboxylic acids is 1. The van der Waals surface area contributed by atoms with Gasteiger partial charge in [-0.15, -0.1) is 0 Å². The highest BCUT2D eigenvalue weighted by atomic mass is 16.5. The number of aryl methyl sites for hydroxylation is 1. The van der Waals surface area contributed by atoms with E-state index in [2.05, 4.69) is 46.9 Å². The van der Waals surface area contributed by atoms with Crippen LogP contribution < -0.4 is 4.90 Å². The number of ether oxygens (including phenoxy) is 1. The first-order valence-corrected chi connectivity index (χ1v) is 9.05. The predicted molar refractivity (Wildman–Crippen MR) is 94.6 cm³/mol. The second-order valence-electron chi connectivity index (χ2n) is 7.44. The number of benzene rings is 1. The Bertz CT molecular complexity index is 627. The van der Waals surface area contributed by atoms with E-state index in [1.807, 2.05) is 0 Å². The molecule has 0 bridgehead atoms. The maximum Gasteiger partial charge on any atom is 0.241 e. The van der Waals surface area contributed by atoms with Crippen LogP contribution in [-0.2, 0) is 9.53 Å². The van der Waals surface area contributed by atoms with Crippen LogP contribution in [0.4, 0.5) is 5.69 Å². The third-order valence-corrected chi connectivity index (χ3v) is 5.68. The summed E-state index contributed by atoms with van der Waals surface area (Å²) in [5.74, 6) is 0.700. The van der Waals surface area contributed by atoms with Crippen molar-refractivity contribution >= 4 is 11.6 Å². The Hall–Kier alpha value is -1.43. The minimum absolute atomic E-state index is 0.249. The molecule has 4 rings (SSSR count). The molecular formula is C19H27N3O2. The Kier molecular flexibility index (Phi) is 4.33. The van der Waals surface area contributed by atoms with Gasteiger partial charge in [0.15, 0.2) is 0 Å². The number of fused-ring (bicyclic) bond motifs is 3. The molecule has 0 N–H and O–H groups in total. The quantitative estimate of drug-likeness (QED) is 0.823. The smallest absolute Gasteiger partial charge is 0.241 e. The van der Waals surface area contributed by atoms with Crippen molar-refractivity contribution in [2.75, 3.05) is 57.9 Å². The highest BCUT2D eigenvalue weighted by Crippen LogP contribution is 2.44. The minimum atomic E-state index is 0.249. The van der Waals surface area contributed by atoms with Gasteiger partial charge in [-0.05, 0) is 38.6 Å². The zero-order chi connectivity index (χ0) is 16.7. The molecule has 3 aliphatic heterocycles. The zero-order valence-corrected chi connectivity index (χ0v) is 14.7. The lowest BCUT2D eigenvalue weighted by Gasteiger charge is -2.37. The zero-order valence-electron chi connectivity index (χ0n) is 14.7. The van der Waals surface area contributed by atoms with Crippen molar-refractivity contribution in [1.82, 2.24) is 9.80 Å². The SMILES string of the molecule is Cc1ccc2c(c1)[C@@H]1CN(C)CC[C@@H]1N2C(=O)CN1CCOCC1. The summed E-state index contributed by atoms with van der Waals surface area (Å²) in [5.41, 5.74) is 3.79. The van der Waals surface area contributed by atoms with Crippen LogP contribution in [0.25, 0.3) is 0 Å². The first-order chi connectivity index (χ1) is 11.6. The third kappa shape index (κ3) is 2.85. The summed E-state index contributed by atoms with van der Waals surface area (Å²) < 4.78 is 5.40. The van der Waals surface area contributed by atoms with Crippen molar-refractivity contribution in [2.24, 2.45) is 0 Å². The van der Waals surface area contributed by atoms with Crippen LogP contribution in [0.5, 0.6) is 0 Å². The summed E-state index contributed by atoms with van der Waals surface area (Å²) in [5, 5.41) is 0. The molecule has 2 saturated heterocycles. The second-order valence-corrected chi connectivity index (χ2v) is 7.44. The number of carbonyl (C=O) groups is 1. The number of likely N-dealkylation sites (N-methyl/N-ethyl adjacent to an activating group) is 1. The van der Waals surface area contributed by atoms with E-state index in [1.54, 1.807) is 0 Å². The number of piperidine rings is 1. The van der Waals surface area contributed by atoms with Gasteiger partial charge in [-0.25, -0.2) is 0 Å². The van der Waals surface area contributed by atoms with Gasteiger partial charge in [0.2, 0.25) is 5.91 Å². The van der Waals surface area contributed by atoms with E-state index in [1.165, 1.54) is 11.1 Å². The standard InChI is InChI=1S/C19H27N3O2/c1-14-3-4-17-15(11-14)16-12-20(2)6-5-18(16)22(17)19(23)13-21-7-9-24-10-8-21/h3-4,11,16,18H,5-10,12-13H2,1-2H3/t16-,18-/m0/s1.